The first-order valence-corrected chi connectivity index (χ1v) is 20.3. The number of carbonyl (C=O) groups excluding carboxylic acids is 11. The number of rotatable bonds is 19. The predicted molar refractivity (Wildman–Crippen MR) is 206 cm³/mol. The van der Waals surface area contributed by atoms with E-state index in [0.29, 0.717) is 0 Å². The van der Waals surface area contributed by atoms with Crippen molar-refractivity contribution in [3.63, 3.8) is 0 Å². The average molecular weight is 967 g/mol. The summed E-state index contributed by atoms with van der Waals surface area (Å²) < 4.78 is 90.3. The van der Waals surface area contributed by atoms with E-state index in [1.54, 1.807) is 0 Å². The summed E-state index contributed by atoms with van der Waals surface area (Å²) in [6.07, 6.45) is -23.3. The quantitative estimate of drug-likeness (QED) is 0.107. The lowest BCUT2D eigenvalue weighted by Crippen LogP contribution is -2.66. The van der Waals surface area contributed by atoms with Gasteiger partial charge in [-0.05, 0) is 0 Å². The second-order valence-corrected chi connectivity index (χ2v) is 14.9. The van der Waals surface area contributed by atoms with Crippen molar-refractivity contribution in [2.45, 2.75) is 162 Å². The molecule has 3 heterocycles. The van der Waals surface area contributed by atoms with E-state index in [1.165, 1.54) is 0 Å². The van der Waals surface area contributed by atoms with Crippen LogP contribution in [0.15, 0.2) is 0 Å². The Morgan fingerprint density at radius 2 is 0.701 bits per heavy atom. The summed E-state index contributed by atoms with van der Waals surface area (Å²) in [6.45, 7) is 7.51. The Bertz CT molecular complexity index is 1860. The van der Waals surface area contributed by atoms with Crippen molar-refractivity contribution < 1.29 is 129 Å². The second-order valence-electron chi connectivity index (χ2n) is 14.9. The summed E-state index contributed by atoms with van der Waals surface area (Å²) in [4.78, 5) is 137. The Balaban J connectivity index is 2.28. The van der Waals surface area contributed by atoms with E-state index in [-0.39, 0.29) is 0 Å². The highest BCUT2D eigenvalue weighted by Gasteiger charge is 2.65. The summed E-state index contributed by atoms with van der Waals surface area (Å²) in [5.74, 6) is -13.3. The van der Waals surface area contributed by atoms with Crippen LogP contribution in [-0.2, 0) is 129 Å². The SMILES string of the molecule is CC(=O)OC[C@H]1O[C@@H](OC[C@H]2O[C@@H](O[C@]3(COC(C)=O)O[C@H](COC(C)=O)[C@@H](OC(C)=O)[C@@H]3OC(C)=O)[C@H](OC(C)=O)[C@@H](OC(C)=O)[C@@H]2OC(C)=O)[C@H](OC(C)=O)[C@@H](OC(C)=O)[C@H]1OC(C)=O. The Hall–Kier alpha value is -6.03. The van der Waals surface area contributed by atoms with E-state index in [9.17, 15) is 52.7 Å². The Kier molecular flexibility index (Phi) is 20.3. The molecule has 3 fully saturated rings. The first-order valence-electron chi connectivity index (χ1n) is 20.3. The fourth-order valence-electron chi connectivity index (χ4n) is 7.07. The lowest BCUT2D eigenvalue weighted by atomic mass is 9.97. The Morgan fingerprint density at radius 1 is 0.358 bits per heavy atom. The van der Waals surface area contributed by atoms with Crippen molar-refractivity contribution in [1.29, 1.82) is 0 Å². The highest BCUT2D eigenvalue weighted by atomic mass is 16.8. The first-order chi connectivity index (χ1) is 31.2. The van der Waals surface area contributed by atoms with Crippen LogP contribution in [0.1, 0.15) is 76.2 Å². The van der Waals surface area contributed by atoms with Crippen molar-refractivity contribution >= 4 is 65.7 Å². The van der Waals surface area contributed by atoms with Gasteiger partial charge < -0.3 is 75.8 Å². The zero-order valence-electron chi connectivity index (χ0n) is 38.4. The molecule has 376 valence electrons. The maximum Gasteiger partial charge on any atom is 0.303 e. The van der Waals surface area contributed by atoms with E-state index >= 15 is 0 Å². The molecule has 0 unspecified atom stereocenters. The van der Waals surface area contributed by atoms with Gasteiger partial charge in [-0.1, -0.05) is 0 Å². The van der Waals surface area contributed by atoms with Gasteiger partial charge in [-0.3, -0.25) is 52.7 Å². The molecule has 0 aromatic heterocycles. The predicted octanol–water partition coefficient (Wildman–Crippen LogP) is -1.29. The molecule has 0 spiro atoms. The molecule has 0 amide bonds. The standard InChI is InChI=1S/C40H54O27/c1-16(41)52-12-27-30(56-19(4)44)33(59-22(7)47)35(61-24(9)49)38(64-27)54-13-28-31(57-20(5)45)34(60-23(8)48)36(62-25(10)50)39(65-28)67-40(15-55-18(3)43)37(63-26(11)51)32(58-21(6)46)29(66-40)14-53-17(2)42/h27-39H,12-15H2,1-11H3/t27-,28-,29-,30+,31-,32-,33+,34+,35-,36-,37+,38-,39+,40+/m1/s1. The van der Waals surface area contributed by atoms with E-state index in [1.807, 2.05) is 0 Å². The zero-order chi connectivity index (χ0) is 50.5. The smallest absolute Gasteiger partial charge is 0.303 e. The number of hydrogen-bond acceptors (Lipinski definition) is 27. The summed E-state index contributed by atoms with van der Waals surface area (Å²) in [6, 6.07) is 0. The van der Waals surface area contributed by atoms with Gasteiger partial charge in [0.2, 0.25) is 12.1 Å². The van der Waals surface area contributed by atoms with Gasteiger partial charge in [0.05, 0.1) is 6.61 Å². The van der Waals surface area contributed by atoms with Crippen molar-refractivity contribution in [3.8, 4) is 0 Å². The van der Waals surface area contributed by atoms with Crippen molar-refractivity contribution in [2.24, 2.45) is 0 Å². The largest absolute Gasteiger partial charge is 0.463 e. The Morgan fingerprint density at radius 3 is 1.12 bits per heavy atom. The van der Waals surface area contributed by atoms with Crippen LogP contribution in [0.2, 0.25) is 0 Å². The normalized spacial score (nSPS) is 31.1. The van der Waals surface area contributed by atoms with E-state index in [0.717, 1.165) is 76.2 Å². The highest BCUT2D eigenvalue weighted by Crippen LogP contribution is 2.42. The van der Waals surface area contributed by atoms with E-state index < -0.39 is 178 Å². The first kappa shape index (κ1) is 55.3. The van der Waals surface area contributed by atoms with E-state index in [2.05, 4.69) is 0 Å². The summed E-state index contributed by atoms with van der Waals surface area (Å²) in [5, 5.41) is 0. The van der Waals surface area contributed by atoms with Gasteiger partial charge in [0.1, 0.15) is 38.1 Å². The molecule has 0 aromatic rings. The molecule has 0 aromatic carbocycles. The van der Waals surface area contributed by atoms with Crippen LogP contribution >= 0.6 is 0 Å². The third-order valence-corrected chi connectivity index (χ3v) is 9.16. The molecule has 3 saturated heterocycles. The van der Waals surface area contributed by atoms with Crippen molar-refractivity contribution in [3.05, 3.63) is 0 Å². The third kappa shape index (κ3) is 16.4. The van der Waals surface area contributed by atoms with Crippen LogP contribution in [0.25, 0.3) is 0 Å². The van der Waals surface area contributed by atoms with Crippen LogP contribution in [0.3, 0.4) is 0 Å². The van der Waals surface area contributed by atoms with Gasteiger partial charge in [0.25, 0.3) is 0 Å². The lowest BCUT2D eigenvalue weighted by Gasteiger charge is -2.47. The van der Waals surface area contributed by atoms with Gasteiger partial charge in [-0.15, -0.1) is 0 Å². The van der Waals surface area contributed by atoms with Gasteiger partial charge in [0.15, 0.2) is 55.1 Å². The minimum Gasteiger partial charge on any atom is -0.463 e. The van der Waals surface area contributed by atoms with Crippen LogP contribution in [0.5, 0.6) is 0 Å². The molecular weight excluding hydrogens is 912 g/mol. The molecule has 0 bridgehead atoms. The molecule has 3 aliphatic rings. The monoisotopic (exact) mass is 966 g/mol. The fourth-order valence-corrected chi connectivity index (χ4v) is 7.07. The van der Waals surface area contributed by atoms with Gasteiger partial charge >= 0.3 is 65.7 Å². The Labute approximate surface area is 382 Å². The molecule has 0 aliphatic carbocycles. The van der Waals surface area contributed by atoms with E-state index in [4.69, 9.17) is 75.8 Å². The maximum atomic E-state index is 12.8. The maximum absolute atomic E-state index is 12.8. The van der Waals surface area contributed by atoms with Gasteiger partial charge in [-0.25, -0.2) is 0 Å². The summed E-state index contributed by atoms with van der Waals surface area (Å²) >= 11 is 0. The highest BCUT2D eigenvalue weighted by molar-refractivity contribution is 5.71. The van der Waals surface area contributed by atoms with Crippen LogP contribution in [-0.4, -0.2) is 178 Å². The third-order valence-electron chi connectivity index (χ3n) is 9.16. The fraction of sp³-hybridized carbons (Fsp3) is 0.725. The molecule has 67 heavy (non-hydrogen) atoms. The second kappa shape index (κ2) is 24.7. The number of esters is 11. The summed E-state index contributed by atoms with van der Waals surface area (Å²) in [7, 11) is 0. The molecular formula is C40H54O27. The zero-order valence-corrected chi connectivity index (χ0v) is 38.4. The molecule has 27 nitrogen and oxygen atoms in total. The molecule has 27 heteroatoms. The average Bonchev–Trinajstić information content (AvgIpc) is 3.44. The van der Waals surface area contributed by atoms with Crippen molar-refractivity contribution in [2.75, 3.05) is 26.4 Å². The lowest BCUT2D eigenvalue weighted by molar-refractivity contribution is -0.388. The van der Waals surface area contributed by atoms with Crippen LogP contribution in [0, 0.1) is 0 Å². The van der Waals surface area contributed by atoms with Crippen LogP contribution < -0.4 is 0 Å². The summed E-state index contributed by atoms with van der Waals surface area (Å²) in [5.41, 5.74) is 0. The molecule has 3 aliphatic heterocycles. The minimum atomic E-state index is -2.66. The van der Waals surface area contributed by atoms with Crippen LogP contribution in [0.4, 0.5) is 0 Å². The molecule has 3 rings (SSSR count). The van der Waals surface area contributed by atoms with Crippen molar-refractivity contribution in [1.82, 2.24) is 0 Å². The number of hydrogen-bond donors (Lipinski definition) is 0. The topological polar surface area (TPSA) is 335 Å². The van der Waals surface area contributed by atoms with Gasteiger partial charge in [0, 0.05) is 76.2 Å². The number of ether oxygens (including phenoxy) is 16. The molecule has 0 radical (unpaired) electrons. The molecule has 0 saturated carbocycles. The molecule has 0 N–H and O–H groups in total. The number of carbonyl (C=O) groups is 11. The molecule has 14 atom stereocenters. The van der Waals surface area contributed by atoms with Gasteiger partial charge in [-0.2, -0.15) is 0 Å². The minimum absolute atomic E-state index is 0.650.